The summed E-state index contributed by atoms with van der Waals surface area (Å²) in [6.45, 7) is 0. The van der Waals surface area contributed by atoms with Gasteiger partial charge in [0.15, 0.2) is 0 Å². The summed E-state index contributed by atoms with van der Waals surface area (Å²) in [5.74, 6) is -1.66. The van der Waals surface area contributed by atoms with Crippen molar-refractivity contribution in [2.75, 3.05) is 5.32 Å². The van der Waals surface area contributed by atoms with Gasteiger partial charge in [0, 0.05) is 10.7 Å². The molecule has 0 aliphatic carbocycles. The number of aromatic nitrogens is 1. The number of rotatable bonds is 3. The molecule has 0 spiro atoms. The van der Waals surface area contributed by atoms with E-state index in [1.807, 2.05) is 0 Å². The number of hydrogen-bond donors (Lipinski definition) is 2. The van der Waals surface area contributed by atoms with E-state index in [2.05, 4.69) is 26.2 Å². The highest BCUT2D eigenvalue weighted by Gasteiger charge is 2.16. The van der Waals surface area contributed by atoms with Gasteiger partial charge in [-0.25, -0.2) is 9.78 Å². The first-order valence-electron chi connectivity index (χ1n) is 5.44. The number of aromatic carboxylic acids is 1. The summed E-state index contributed by atoms with van der Waals surface area (Å²) in [6.07, 6.45) is 1.46. The third-order valence-corrected chi connectivity index (χ3v) is 3.26. The van der Waals surface area contributed by atoms with Gasteiger partial charge < -0.3 is 10.4 Å². The van der Waals surface area contributed by atoms with Crippen molar-refractivity contribution in [2.24, 2.45) is 0 Å². The molecule has 1 heterocycles. The second-order valence-corrected chi connectivity index (χ2v) is 5.06. The first-order valence-corrected chi connectivity index (χ1v) is 6.61. The quantitative estimate of drug-likeness (QED) is 0.827. The van der Waals surface area contributed by atoms with Crippen LogP contribution in [0.2, 0.25) is 5.15 Å². The van der Waals surface area contributed by atoms with Crippen molar-refractivity contribution < 1.29 is 14.7 Å². The van der Waals surface area contributed by atoms with Crippen molar-refractivity contribution in [1.82, 2.24) is 4.98 Å². The largest absolute Gasteiger partial charge is 0.478 e. The Morgan fingerprint density at radius 2 is 2.00 bits per heavy atom. The van der Waals surface area contributed by atoms with E-state index < -0.39 is 11.9 Å². The number of nitrogens with one attached hydrogen (secondary N) is 1. The van der Waals surface area contributed by atoms with E-state index in [-0.39, 0.29) is 22.0 Å². The number of carboxylic acid groups (broad SMARTS) is 1. The van der Waals surface area contributed by atoms with Crippen molar-refractivity contribution in [2.45, 2.75) is 0 Å². The normalized spacial score (nSPS) is 10.1. The highest BCUT2D eigenvalue weighted by molar-refractivity contribution is 9.10. The van der Waals surface area contributed by atoms with Gasteiger partial charge in [-0.2, -0.15) is 0 Å². The molecule has 102 valence electrons. The Morgan fingerprint density at radius 3 is 2.65 bits per heavy atom. The summed E-state index contributed by atoms with van der Waals surface area (Å²) < 4.78 is 0.648. The summed E-state index contributed by atoms with van der Waals surface area (Å²) >= 11 is 9.04. The number of amides is 1. The Labute approximate surface area is 127 Å². The number of carboxylic acids is 1. The van der Waals surface area contributed by atoms with Crippen LogP contribution in [0.4, 0.5) is 5.69 Å². The van der Waals surface area contributed by atoms with Crippen LogP contribution in [-0.2, 0) is 0 Å². The minimum Gasteiger partial charge on any atom is -0.478 e. The molecule has 7 heteroatoms. The van der Waals surface area contributed by atoms with Crippen molar-refractivity contribution in [3.05, 3.63) is 57.3 Å². The average Bonchev–Trinajstić information content (AvgIpc) is 2.38. The highest BCUT2D eigenvalue weighted by Crippen LogP contribution is 2.23. The second-order valence-electron chi connectivity index (χ2n) is 3.79. The molecule has 0 bridgehead atoms. The third-order valence-electron chi connectivity index (χ3n) is 2.46. The lowest BCUT2D eigenvalue weighted by molar-refractivity contribution is 0.0698. The van der Waals surface area contributed by atoms with E-state index in [0.29, 0.717) is 4.47 Å². The van der Waals surface area contributed by atoms with E-state index >= 15 is 0 Å². The molecule has 0 atom stereocenters. The van der Waals surface area contributed by atoms with Crippen LogP contribution in [0.25, 0.3) is 0 Å². The Kier molecular flexibility index (Phi) is 4.36. The number of carbonyl (C=O) groups excluding carboxylic acids is 1. The van der Waals surface area contributed by atoms with Crippen LogP contribution < -0.4 is 5.32 Å². The molecule has 0 radical (unpaired) electrons. The number of nitrogens with zero attached hydrogens (tertiary/aromatic N) is 1. The molecule has 0 saturated carbocycles. The Balaban J connectivity index is 2.35. The van der Waals surface area contributed by atoms with Gasteiger partial charge >= 0.3 is 5.97 Å². The van der Waals surface area contributed by atoms with Crippen LogP contribution in [0.1, 0.15) is 20.7 Å². The van der Waals surface area contributed by atoms with Gasteiger partial charge in [-0.1, -0.05) is 27.5 Å². The van der Waals surface area contributed by atoms with E-state index in [9.17, 15) is 9.59 Å². The van der Waals surface area contributed by atoms with E-state index in [0.717, 1.165) is 0 Å². The maximum Gasteiger partial charge on any atom is 0.337 e. The van der Waals surface area contributed by atoms with Gasteiger partial charge in [0.2, 0.25) is 0 Å². The van der Waals surface area contributed by atoms with Gasteiger partial charge in [-0.15, -0.1) is 0 Å². The molecule has 1 amide bonds. The molecule has 1 aromatic heterocycles. The smallest absolute Gasteiger partial charge is 0.337 e. The number of carbonyl (C=O) groups is 2. The fourth-order valence-electron chi connectivity index (χ4n) is 1.55. The van der Waals surface area contributed by atoms with Gasteiger partial charge in [0.05, 0.1) is 16.8 Å². The van der Waals surface area contributed by atoms with Gasteiger partial charge in [-0.3, -0.25) is 4.79 Å². The van der Waals surface area contributed by atoms with Crippen LogP contribution in [0.3, 0.4) is 0 Å². The summed E-state index contributed by atoms with van der Waals surface area (Å²) in [7, 11) is 0. The lowest BCUT2D eigenvalue weighted by Crippen LogP contribution is -2.15. The number of benzene rings is 1. The number of anilines is 1. The first kappa shape index (κ1) is 14.5. The zero-order chi connectivity index (χ0) is 14.7. The summed E-state index contributed by atoms with van der Waals surface area (Å²) in [5.41, 5.74) is 0.337. The second kappa shape index (κ2) is 6.02. The molecule has 0 aliphatic heterocycles. The molecule has 2 rings (SSSR count). The standard InChI is InChI=1S/C13H8BrClN2O3/c14-7-3-4-8(13(19)20)10(6-7)17-12(18)9-2-1-5-16-11(9)15/h1-6H,(H,17,18)(H,19,20). The molecule has 0 saturated heterocycles. The van der Waals surface area contributed by atoms with Crippen LogP contribution in [0.5, 0.6) is 0 Å². The lowest BCUT2D eigenvalue weighted by Gasteiger charge is -2.09. The SMILES string of the molecule is O=C(O)c1ccc(Br)cc1NC(=O)c1cccnc1Cl. The van der Waals surface area contributed by atoms with Crippen LogP contribution >= 0.6 is 27.5 Å². The van der Waals surface area contributed by atoms with Crippen molar-refractivity contribution >= 4 is 45.1 Å². The number of pyridine rings is 1. The summed E-state index contributed by atoms with van der Waals surface area (Å²) in [6, 6.07) is 7.55. The molecule has 20 heavy (non-hydrogen) atoms. The van der Waals surface area contributed by atoms with Crippen LogP contribution in [0, 0.1) is 0 Å². The molecule has 0 fully saturated rings. The fraction of sp³-hybridized carbons (Fsp3) is 0. The zero-order valence-electron chi connectivity index (χ0n) is 9.93. The van der Waals surface area contributed by atoms with Crippen LogP contribution in [0.15, 0.2) is 41.0 Å². The minimum atomic E-state index is -1.13. The monoisotopic (exact) mass is 354 g/mol. The van der Waals surface area contributed by atoms with Crippen molar-refractivity contribution in [3.63, 3.8) is 0 Å². The Bertz CT molecular complexity index is 691. The van der Waals surface area contributed by atoms with Crippen molar-refractivity contribution in [3.8, 4) is 0 Å². The van der Waals surface area contributed by atoms with Crippen LogP contribution in [-0.4, -0.2) is 22.0 Å². The number of hydrogen-bond acceptors (Lipinski definition) is 3. The third kappa shape index (κ3) is 3.15. The Morgan fingerprint density at radius 1 is 1.25 bits per heavy atom. The maximum atomic E-state index is 12.1. The van der Waals surface area contributed by atoms with E-state index in [4.69, 9.17) is 16.7 Å². The predicted molar refractivity (Wildman–Crippen MR) is 78.3 cm³/mol. The molecule has 0 unspecified atom stereocenters. The summed E-state index contributed by atoms with van der Waals surface area (Å²) in [5, 5.41) is 11.7. The van der Waals surface area contributed by atoms with E-state index in [1.165, 1.54) is 24.4 Å². The van der Waals surface area contributed by atoms with Gasteiger partial charge in [0.1, 0.15) is 5.15 Å². The number of halogens is 2. The molecule has 2 aromatic rings. The van der Waals surface area contributed by atoms with Gasteiger partial charge in [0.25, 0.3) is 5.91 Å². The fourth-order valence-corrected chi connectivity index (χ4v) is 2.12. The molecule has 1 aromatic carbocycles. The molecular formula is C13H8BrClN2O3. The van der Waals surface area contributed by atoms with Gasteiger partial charge in [-0.05, 0) is 30.3 Å². The first-order chi connectivity index (χ1) is 9.49. The van der Waals surface area contributed by atoms with E-state index in [1.54, 1.807) is 12.1 Å². The maximum absolute atomic E-state index is 12.1. The Hall–Kier alpha value is -1.92. The zero-order valence-corrected chi connectivity index (χ0v) is 12.3. The minimum absolute atomic E-state index is 0.0124. The molecule has 2 N–H and O–H groups in total. The molecule has 5 nitrogen and oxygen atoms in total. The van der Waals surface area contributed by atoms with Crippen molar-refractivity contribution in [1.29, 1.82) is 0 Å². The predicted octanol–water partition coefficient (Wildman–Crippen LogP) is 3.45. The molecular weight excluding hydrogens is 348 g/mol. The average molecular weight is 356 g/mol. The topological polar surface area (TPSA) is 79.3 Å². The summed E-state index contributed by atoms with van der Waals surface area (Å²) in [4.78, 5) is 27.0. The highest BCUT2D eigenvalue weighted by atomic mass is 79.9. The lowest BCUT2D eigenvalue weighted by atomic mass is 10.1. The molecule has 0 aliphatic rings.